The molecule has 1 aromatic carbocycles. The molecular formula is C23H18FN3O4S2. The third kappa shape index (κ3) is 4.29. The molecular weight excluding hydrogens is 465 g/mol. The van der Waals surface area contributed by atoms with Gasteiger partial charge in [0.05, 0.1) is 17.6 Å². The molecule has 10 heteroatoms. The van der Waals surface area contributed by atoms with Crippen molar-refractivity contribution in [1.29, 1.82) is 0 Å². The first-order chi connectivity index (χ1) is 16.0. The number of aromatic nitrogens is 2. The van der Waals surface area contributed by atoms with Crippen molar-refractivity contribution in [3.63, 3.8) is 0 Å². The van der Waals surface area contributed by atoms with E-state index in [1.165, 1.54) is 33.6 Å². The number of carbonyl (C=O) groups is 1. The van der Waals surface area contributed by atoms with Gasteiger partial charge in [0.25, 0.3) is 11.5 Å². The summed E-state index contributed by atoms with van der Waals surface area (Å²) < 4.78 is 27.3. The molecule has 2 saturated heterocycles. The van der Waals surface area contributed by atoms with E-state index in [4.69, 9.17) is 21.7 Å². The smallest absolute Gasteiger partial charge is 0.269 e. The number of fused-ring (bicyclic) bond motifs is 1. The zero-order valence-corrected chi connectivity index (χ0v) is 18.9. The molecule has 0 N–H and O–H groups in total. The van der Waals surface area contributed by atoms with Crippen LogP contribution in [-0.2, 0) is 9.53 Å². The van der Waals surface area contributed by atoms with Gasteiger partial charge in [-0.2, -0.15) is 4.98 Å². The van der Waals surface area contributed by atoms with Crippen molar-refractivity contribution in [2.75, 3.05) is 13.2 Å². The van der Waals surface area contributed by atoms with E-state index in [1.54, 1.807) is 30.5 Å². The second kappa shape index (κ2) is 9.05. The molecule has 4 heterocycles. The second-order valence-corrected chi connectivity index (χ2v) is 9.20. The number of thiocarbonyl (C=S) groups is 1. The fourth-order valence-corrected chi connectivity index (χ4v) is 4.95. The highest BCUT2D eigenvalue weighted by Gasteiger charge is 2.35. The Morgan fingerprint density at radius 2 is 2.06 bits per heavy atom. The summed E-state index contributed by atoms with van der Waals surface area (Å²) in [5.41, 5.74) is -0.0900. The maximum absolute atomic E-state index is 14.2. The van der Waals surface area contributed by atoms with Crippen LogP contribution in [0.3, 0.4) is 0 Å². The topological polar surface area (TPSA) is 73.1 Å². The molecule has 0 aliphatic carbocycles. The van der Waals surface area contributed by atoms with E-state index in [2.05, 4.69) is 4.98 Å². The number of benzene rings is 1. The van der Waals surface area contributed by atoms with Gasteiger partial charge in [-0.15, -0.1) is 0 Å². The fraction of sp³-hybridized carbons (Fsp3) is 0.217. The lowest BCUT2D eigenvalue weighted by molar-refractivity contribution is -0.123. The van der Waals surface area contributed by atoms with Crippen molar-refractivity contribution in [3.05, 3.63) is 75.3 Å². The highest BCUT2D eigenvalue weighted by atomic mass is 32.2. The largest absolute Gasteiger partial charge is 0.435 e. The van der Waals surface area contributed by atoms with Crippen molar-refractivity contribution in [3.8, 4) is 11.6 Å². The normalized spacial score (nSPS) is 19.7. The summed E-state index contributed by atoms with van der Waals surface area (Å²) in [5, 5.41) is 0. The zero-order valence-electron chi connectivity index (χ0n) is 17.3. The minimum Gasteiger partial charge on any atom is -0.435 e. The first-order valence-corrected chi connectivity index (χ1v) is 11.5. The van der Waals surface area contributed by atoms with E-state index in [9.17, 15) is 14.0 Å². The van der Waals surface area contributed by atoms with Gasteiger partial charge in [-0.3, -0.25) is 18.9 Å². The van der Waals surface area contributed by atoms with Crippen molar-refractivity contribution in [2.24, 2.45) is 0 Å². The molecule has 168 valence electrons. The summed E-state index contributed by atoms with van der Waals surface area (Å²) in [6, 6.07) is 10.9. The SMILES string of the molecule is O=C1/C(=C/c2c(Oc3ccccc3F)nc3ccccn3c2=O)SC(=S)N1CC1CCCO1. The molecule has 2 fully saturated rings. The number of nitrogens with zero attached hydrogens (tertiary/aromatic N) is 3. The molecule has 2 aliphatic rings. The Morgan fingerprint density at radius 3 is 2.85 bits per heavy atom. The maximum Gasteiger partial charge on any atom is 0.269 e. The third-order valence-electron chi connectivity index (χ3n) is 5.34. The Balaban J connectivity index is 1.56. The summed E-state index contributed by atoms with van der Waals surface area (Å²) >= 11 is 6.50. The van der Waals surface area contributed by atoms with Crippen molar-refractivity contribution >= 4 is 45.9 Å². The summed E-state index contributed by atoms with van der Waals surface area (Å²) in [4.78, 5) is 32.5. The van der Waals surface area contributed by atoms with Crippen LogP contribution in [0.25, 0.3) is 11.7 Å². The lowest BCUT2D eigenvalue weighted by Crippen LogP contribution is -2.35. The van der Waals surface area contributed by atoms with E-state index in [0.29, 0.717) is 23.1 Å². The van der Waals surface area contributed by atoms with Gasteiger partial charge < -0.3 is 9.47 Å². The molecule has 0 radical (unpaired) electrons. The summed E-state index contributed by atoms with van der Waals surface area (Å²) in [6.45, 7) is 1.04. The molecule has 33 heavy (non-hydrogen) atoms. The van der Waals surface area contributed by atoms with Crippen LogP contribution in [0.2, 0.25) is 0 Å². The van der Waals surface area contributed by atoms with Crippen LogP contribution in [0.5, 0.6) is 11.6 Å². The van der Waals surface area contributed by atoms with Crippen molar-refractivity contribution in [2.45, 2.75) is 18.9 Å². The summed E-state index contributed by atoms with van der Waals surface area (Å²) in [6.07, 6.45) is 4.75. The molecule has 1 unspecified atom stereocenters. The molecule has 5 rings (SSSR count). The number of rotatable bonds is 5. The van der Waals surface area contributed by atoms with Gasteiger partial charge in [0.15, 0.2) is 11.6 Å². The van der Waals surface area contributed by atoms with Gasteiger partial charge in [0, 0.05) is 12.8 Å². The fourth-order valence-electron chi connectivity index (χ4n) is 3.70. The number of halogens is 1. The van der Waals surface area contributed by atoms with Crippen LogP contribution in [0.1, 0.15) is 18.4 Å². The lowest BCUT2D eigenvalue weighted by atomic mass is 10.2. The highest BCUT2D eigenvalue weighted by molar-refractivity contribution is 8.26. The molecule has 1 atom stereocenters. The van der Waals surface area contributed by atoms with Crippen LogP contribution in [-0.4, -0.2) is 43.8 Å². The van der Waals surface area contributed by atoms with E-state index < -0.39 is 11.4 Å². The van der Waals surface area contributed by atoms with Gasteiger partial charge >= 0.3 is 0 Å². The number of amides is 1. The molecule has 1 amide bonds. The standard InChI is InChI=1S/C23H18FN3O4S2/c24-16-7-1-2-8-17(16)31-20-15(21(28)26-10-4-3-9-19(26)25-20)12-18-22(29)27(23(32)33-18)13-14-6-5-11-30-14/h1-4,7-10,12,14H,5-6,11,13H2/b18-12-. The molecule has 0 bridgehead atoms. The number of pyridine rings is 1. The highest BCUT2D eigenvalue weighted by Crippen LogP contribution is 2.35. The summed E-state index contributed by atoms with van der Waals surface area (Å²) in [7, 11) is 0. The van der Waals surface area contributed by atoms with E-state index >= 15 is 0 Å². The maximum atomic E-state index is 14.2. The van der Waals surface area contributed by atoms with Crippen LogP contribution in [0.15, 0.2) is 58.4 Å². The molecule has 7 nitrogen and oxygen atoms in total. The lowest BCUT2D eigenvalue weighted by Gasteiger charge is -2.18. The minimum absolute atomic E-state index is 0.0274. The van der Waals surface area contributed by atoms with Gasteiger partial charge in [-0.1, -0.05) is 42.2 Å². The predicted octanol–water partition coefficient (Wildman–Crippen LogP) is 4.01. The number of hydrogen-bond acceptors (Lipinski definition) is 7. The minimum atomic E-state index is -0.596. The van der Waals surface area contributed by atoms with E-state index in [1.807, 2.05) is 0 Å². The number of thioether (sulfide) groups is 1. The zero-order chi connectivity index (χ0) is 22.9. The Labute approximate surface area is 197 Å². The van der Waals surface area contributed by atoms with Gasteiger partial charge in [0.1, 0.15) is 15.5 Å². The first kappa shape index (κ1) is 21.7. The Morgan fingerprint density at radius 1 is 1.24 bits per heavy atom. The Hall–Kier alpha value is -3.08. The molecule has 3 aromatic rings. The summed E-state index contributed by atoms with van der Waals surface area (Å²) in [5.74, 6) is -1.08. The van der Waals surface area contributed by atoms with Gasteiger partial charge in [-0.25, -0.2) is 4.39 Å². The van der Waals surface area contributed by atoms with E-state index in [0.717, 1.165) is 24.6 Å². The van der Waals surface area contributed by atoms with Crippen LogP contribution < -0.4 is 10.3 Å². The quantitative estimate of drug-likeness (QED) is 0.401. The average Bonchev–Trinajstić information content (AvgIpc) is 3.42. The van der Waals surface area contributed by atoms with Crippen molar-refractivity contribution in [1.82, 2.24) is 14.3 Å². The molecule has 2 aliphatic heterocycles. The first-order valence-electron chi connectivity index (χ1n) is 10.3. The molecule has 2 aromatic heterocycles. The molecule has 0 spiro atoms. The Kier molecular flexibility index (Phi) is 5.96. The van der Waals surface area contributed by atoms with E-state index in [-0.39, 0.29) is 34.1 Å². The molecule has 0 saturated carbocycles. The number of hydrogen-bond donors (Lipinski definition) is 0. The van der Waals surface area contributed by atoms with Gasteiger partial charge in [0.2, 0.25) is 5.88 Å². The number of para-hydroxylation sites is 1. The number of ether oxygens (including phenoxy) is 2. The average molecular weight is 484 g/mol. The Bertz CT molecular complexity index is 1350. The van der Waals surface area contributed by atoms with Crippen LogP contribution in [0, 0.1) is 5.82 Å². The monoisotopic (exact) mass is 483 g/mol. The van der Waals surface area contributed by atoms with Crippen LogP contribution >= 0.6 is 24.0 Å². The predicted molar refractivity (Wildman–Crippen MR) is 127 cm³/mol. The van der Waals surface area contributed by atoms with Crippen molar-refractivity contribution < 1.29 is 18.7 Å². The second-order valence-electron chi connectivity index (χ2n) is 7.52. The number of carbonyl (C=O) groups excluding carboxylic acids is 1. The van der Waals surface area contributed by atoms with Crippen LogP contribution in [0.4, 0.5) is 4.39 Å². The third-order valence-corrected chi connectivity index (χ3v) is 6.71. The van der Waals surface area contributed by atoms with Gasteiger partial charge in [-0.05, 0) is 43.2 Å².